The van der Waals surface area contributed by atoms with Crippen LogP contribution in [-0.4, -0.2) is 36.1 Å². The number of imide groups is 1. The third-order valence-electron chi connectivity index (χ3n) is 3.84. The molecule has 0 fully saturated rings. The number of hydrogen-bond donors (Lipinski definition) is 0. The van der Waals surface area contributed by atoms with Crippen LogP contribution in [0.3, 0.4) is 0 Å². The fraction of sp³-hybridized carbons (Fsp3) is 0.222. The summed E-state index contributed by atoms with van der Waals surface area (Å²) >= 11 is 7.65. The van der Waals surface area contributed by atoms with Crippen molar-refractivity contribution in [3.63, 3.8) is 0 Å². The summed E-state index contributed by atoms with van der Waals surface area (Å²) in [6, 6.07) is 12.4. The zero-order valence-electron chi connectivity index (χ0n) is 13.1. The third kappa shape index (κ3) is 3.28. The first kappa shape index (κ1) is 16.9. The van der Waals surface area contributed by atoms with Crippen LogP contribution >= 0.6 is 23.4 Å². The Morgan fingerprint density at radius 3 is 2.38 bits per heavy atom. The summed E-state index contributed by atoms with van der Waals surface area (Å²) in [5, 5.41) is 0.659. The van der Waals surface area contributed by atoms with Gasteiger partial charge >= 0.3 is 0 Å². The summed E-state index contributed by atoms with van der Waals surface area (Å²) < 4.78 is 5.32. The molecule has 6 heteroatoms. The van der Waals surface area contributed by atoms with Gasteiger partial charge in [0.15, 0.2) is 0 Å². The van der Waals surface area contributed by atoms with Crippen LogP contribution in [0.4, 0.5) is 0 Å². The monoisotopic (exact) mass is 361 g/mol. The molecule has 0 N–H and O–H groups in total. The van der Waals surface area contributed by atoms with E-state index in [9.17, 15) is 9.59 Å². The fourth-order valence-corrected chi connectivity index (χ4v) is 3.74. The maximum absolute atomic E-state index is 12.3. The van der Waals surface area contributed by atoms with Gasteiger partial charge in [-0.3, -0.25) is 14.5 Å². The van der Waals surface area contributed by atoms with Crippen LogP contribution in [0.2, 0.25) is 5.02 Å². The minimum absolute atomic E-state index is 0.212. The number of benzene rings is 2. The molecule has 0 saturated carbocycles. The molecule has 124 valence electrons. The Kier molecular flexibility index (Phi) is 5.11. The highest BCUT2D eigenvalue weighted by Gasteiger charge is 2.34. The van der Waals surface area contributed by atoms with Crippen molar-refractivity contribution in [2.75, 3.05) is 19.4 Å². The van der Waals surface area contributed by atoms with E-state index in [4.69, 9.17) is 16.3 Å². The van der Waals surface area contributed by atoms with Crippen molar-refractivity contribution < 1.29 is 14.3 Å². The summed E-state index contributed by atoms with van der Waals surface area (Å²) in [7, 11) is 1.62. The minimum atomic E-state index is -0.212. The molecule has 2 aromatic rings. The van der Waals surface area contributed by atoms with Crippen LogP contribution in [0.5, 0.6) is 5.75 Å². The number of hydrogen-bond acceptors (Lipinski definition) is 4. The number of methoxy groups -OCH3 is 1. The Bertz CT molecular complexity index is 759. The zero-order valence-corrected chi connectivity index (χ0v) is 14.7. The van der Waals surface area contributed by atoms with Crippen molar-refractivity contribution in [1.29, 1.82) is 0 Å². The largest absolute Gasteiger partial charge is 0.496 e. The quantitative estimate of drug-likeness (QED) is 0.578. The predicted molar refractivity (Wildman–Crippen MR) is 96.0 cm³/mol. The van der Waals surface area contributed by atoms with E-state index in [2.05, 4.69) is 0 Å². The van der Waals surface area contributed by atoms with E-state index < -0.39 is 0 Å². The Labute approximate surface area is 149 Å². The topological polar surface area (TPSA) is 46.6 Å². The first-order valence-corrected chi connectivity index (χ1v) is 9.00. The van der Waals surface area contributed by atoms with Crippen LogP contribution in [-0.2, 0) is 5.75 Å². The molecule has 24 heavy (non-hydrogen) atoms. The van der Waals surface area contributed by atoms with Gasteiger partial charge in [0.2, 0.25) is 0 Å². The molecule has 0 unspecified atom stereocenters. The Morgan fingerprint density at radius 2 is 1.75 bits per heavy atom. The van der Waals surface area contributed by atoms with Crippen molar-refractivity contribution in [1.82, 2.24) is 4.90 Å². The highest BCUT2D eigenvalue weighted by atomic mass is 35.5. The maximum atomic E-state index is 12.3. The fourth-order valence-electron chi connectivity index (χ4n) is 2.64. The lowest BCUT2D eigenvalue weighted by Gasteiger charge is -2.14. The smallest absolute Gasteiger partial charge is 0.261 e. The molecule has 0 radical (unpaired) electrons. The van der Waals surface area contributed by atoms with Gasteiger partial charge < -0.3 is 4.74 Å². The number of ether oxygens (including phenoxy) is 1. The minimum Gasteiger partial charge on any atom is -0.496 e. The molecule has 0 bridgehead atoms. The predicted octanol–water partition coefficient (Wildman–Crippen LogP) is 3.88. The van der Waals surface area contributed by atoms with Gasteiger partial charge in [-0.05, 0) is 30.3 Å². The normalized spacial score (nSPS) is 13.3. The lowest BCUT2D eigenvalue weighted by atomic mass is 10.1. The van der Waals surface area contributed by atoms with Gasteiger partial charge in [-0.15, -0.1) is 0 Å². The maximum Gasteiger partial charge on any atom is 0.261 e. The molecule has 3 rings (SSSR count). The molecule has 1 aliphatic rings. The van der Waals surface area contributed by atoms with Gasteiger partial charge in [0.25, 0.3) is 11.8 Å². The summed E-state index contributed by atoms with van der Waals surface area (Å²) in [6.45, 7) is 0.389. The first-order valence-electron chi connectivity index (χ1n) is 7.47. The van der Waals surface area contributed by atoms with Crippen LogP contribution < -0.4 is 4.74 Å². The molecule has 0 saturated heterocycles. The number of amides is 2. The summed E-state index contributed by atoms with van der Waals surface area (Å²) in [4.78, 5) is 25.9. The second kappa shape index (κ2) is 7.28. The van der Waals surface area contributed by atoms with Crippen LogP contribution in [0.25, 0.3) is 0 Å². The molecule has 0 spiro atoms. The zero-order chi connectivity index (χ0) is 17.1. The van der Waals surface area contributed by atoms with E-state index in [1.54, 1.807) is 49.2 Å². The second-order valence-corrected chi connectivity index (χ2v) is 6.86. The van der Waals surface area contributed by atoms with Gasteiger partial charge in [0, 0.05) is 28.6 Å². The lowest BCUT2D eigenvalue weighted by molar-refractivity contribution is 0.0664. The van der Waals surface area contributed by atoms with Crippen molar-refractivity contribution >= 4 is 35.2 Å². The highest BCUT2D eigenvalue weighted by molar-refractivity contribution is 7.98. The van der Waals surface area contributed by atoms with Crippen LogP contribution in [0, 0.1) is 0 Å². The highest BCUT2D eigenvalue weighted by Crippen LogP contribution is 2.27. The lowest BCUT2D eigenvalue weighted by Crippen LogP contribution is -2.31. The SMILES string of the molecule is COc1ccc(Cl)cc1CSCCN1C(=O)c2ccccc2C1=O. The van der Waals surface area contributed by atoms with Crippen LogP contribution in [0.15, 0.2) is 42.5 Å². The molecule has 0 aromatic heterocycles. The molecule has 0 aliphatic carbocycles. The standard InChI is InChI=1S/C18H16ClNO3S/c1-23-16-7-6-13(19)10-12(16)11-24-9-8-20-17(21)14-4-2-3-5-15(14)18(20)22/h2-7,10H,8-9,11H2,1H3. The Hall–Kier alpha value is -1.98. The molecule has 0 atom stereocenters. The third-order valence-corrected chi connectivity index (χ3v) is 5.06. The first-order chi connectivity index (χ1) is 11.6. The van der Waals surface area contributed by atoms with Crippen molar-refractivity contribution in [3.8, 4) is 5.75 Å². The number of carbonyl (C=O) groups is 2. The molecular weight excluding hydrogens is 346 g/mol. The van der Waals surface area contributed by atoms with E-state index in [0.717, 1.165) is 11.3 Å². The average molecular weight is 362 g/mol. The Morgan fingerprint density at radius 1 is 1.08 bits per heavy atom. The number of nitrogens with zero attached hydrogens (tertiary/aromatic N) is 1. The van der Waals surface area contributed by atoms with Gasteiger partial charge in [-0.1, -0.05) is 23.7 Å². The van der Waals surface area contributed by atoms with E-state index in [0.29, 0.717) is 34.2 Å². The van der Waals surface area contributed by atoms with E-state index >= 15 is 0 Å². The van der Waals surface area contributed by atoms with E-state index in [1.807, 2.05) is 12.1 Å². The Balaban J connectivity index is 1.58. The molecule has 4 nitrogen and oxygen atoms in total. The number of halogens is 1. The molecule has 1 aliphatic heterocycles. The number of thioether (sulfide) groups is 1. The van der Waals surface area contributed by atoms with E-state index in [-0.39, 0.29) is 11.8 Å². The van der Waals surface area contributed by atoms with Gasteiger partial charge in [0.1, 0.15) is 5.75 Å². The van der Waals surface area contributed by atoms with Crippen LogP contribution in [0.1, 0.15) is 26.3 Å². The average Bonchev–Trinajstić information content (AvgIpc) is 2.84. The molecule has 2 aromatic carbocycles. The molecule has 2 amide bonds. The molecular formula is C18H16ClNO3S. The number of fused-ring (bicyclic) bond motifs is 1. The summed E-state index contributed by atoms with van der Waals surface area (Å²) in [5.74, 6) is 1.72. The number of rotatable bonds is 6. The summed E-state index contributed by atoms with van der Waals surface area (Å²) in [6.07, 6.45) is 0. The van der Waals surface area contributed by atoms with Gasteiger partial charge in [0.05, 0.1) is 18.2 Å². The second-order valence-electron chi connectivity index (χ2n) is 5.32. The van der Waals surface area contributed by atoms with E-state index in [1.165, 1.54) is 4.90 Å². The van der Waals surface area contributed by atoms with Gasteiger partial charge in [-0.2, -0.15) is 11.8 Å². The van der Waals surface area contributed by atoms with Crippen molar-refractivity contribution in [3.05, 3.63) is 64.2 Å². The summed E-state index contributed by atoms with van der Waals surface area (Å²) in [5.41, 5.74) is 1.98. The molecule has 1 heterocycles. The van der Waals surface area contributed by atoms with Gasteiger partial charge in [-0.25, -0.2) is 0 Å². The number of carbonyl (C=O) groups excluding carboxylic acids is 2. The van der Waals surface area contributed by atoms with Crippen molar-refractivity contribution in [2.45, 2.75) is 5.75 Å². The van der Waals surface area contributed by atoms with Crippen molar-refractivity contribution in [2.24, 2.45) is 0 Å².